The Labute approximate surface area is 93.9 Å². The molecular weight excluding hydrogens is 204 g/mol. The SMILES string of the molecule is Cc1[nH]nc(COc2ccccc2)c1CO. The van der Waals surface area contributed by atoms with E-state index < -0.39 is 0 Å². The standard InChI is InChI=1S/C12H14N2O2/c1-9-11(7-15)12(14-13-9)8-16-10-5-3-2-4-6-10/h2-6,15H,7-8H2,1H3,(H,13,14). The zero-order valence-corrected chi connectivity index (χ0v) is 9.10. The van der Waals surface area contributed by atoms with Crippen molar-refractivity contribution in [2.45, 2.75) is 20.1 Å². The number of hydrogen-bond donors (Lipinski definition) is 2. The molecule has 0 spiro atoms. The number of ether oxygens (including phenoxy) is 1. The van der Waals surface area contributed by atoms with Crippen LogP contribution in [0.1, 0.15) is 17.0 Å². The first-order chi connectivity index (χ1) is 7.81. The molecule has 0 unspecified atom stereocenters. The topological polar surface area (TPSA) is 58.1 Å². The Hall–Kier alpha value is -1.81. The van der Waals surface area contributed by atoms with Crippen LogP contribution in [-0.4, -0.2) is 15.3 Å². The van der Waals surface area contributed by atoms with Crippen molar-refractivity contribution >= 4 is 0 Å². The molecule has 0 fully saturated rings. The molecule has 0 aliphatic rings. The second kappa shape index (κ2) is 4.81. The summed E-state index contributed by atoms with van der Waals surface area (Å²) in [5.74, 6) is 0.798. The molecular formula is C12H14N2O2. The lowest BCUT2D eigenvalue weighted by molar-refractivity contribution is 0.267. The number of aromatic amines is 1. The predicted molar refractivity (Wildman–Crippen MR) is 60.0 cm³/mol. The van der Waals surface area contributed by atoms with Crippen LogP contribution in [0.15, 0.2) is 30.3 Å². The average molecular weight is 218 g/mol. The second-order valence-electron chi connectivity index (χ2n) is 3.53. The lowest BCUT2D eigenvalue weighted by atomic mass is 10.2. The molecule has 1 heterocycles. The van der Waals surface area contributed by atoms with Crippen LogP contribution in [0.25, 0.3) is 0 Å². The van der Waals surface area contributed by atoms with E-state index in [9.17, 15) is 0 Å². The van der Waals surface area contributed by atoms with E-state index in [4.69, 9.17) is 9.84 Å². The van der Waals surface area contributed by atoms with Crippen molar-refractivity contribution in [3.63, 3.8) is 0 Å². The molecule has 0 amide bonds. The molecule has 2 N–H and O–H groups in total. The van der Waals surface area contributed by atoms with Gasteiger partial charge < -0.3 is 9.84 Å². The smallest absolute Gasteiger partial charge is 0.132 e. The fraction of sp³-hybridized carbons (Fsp3) is 0.250. The number of nitrogens with zero attached hydrogens (tertiary/aromatic N) is 1. The highest BCUT2D eigenvalue weighted by molar-refractivity contribution is 5.25. The number of aromatic nitrogens is 2. The molecule has 0 aliphatic heterocycles. The third kappa shape index (κ3) is 2.23. The van der Waals surface area contributed by atoms with Crippen LogP contribution in [0.4, 0.5) is 0 Å². The van der Waals surface area contributed by atoms with Gasteiger partial charge in [-0.2, -0.15) is 5.10 Å². The predicted octanol–water partition coefficient (Wildman–Crippen LogP) is 1.79. The van der Waals surface area contributed by atoms with Crippen molar-refractivity contribution in [1.82, 2.24) is 10.2 Å². The number of H-pyrrole nitrogens is 1. The summed E-state index contributed by atoms with van der Waals surface area (Å²) < 4.78 is 5.55. The van der Waals surface area contributed by atoms with Gasteiger partial charge in [-0.1, -0.05) is 18.2 Å². The molecule has 0 radical (unpaired) electrons. The van der Waals surface area contributed by atoms with Gasteiger partial charge in [-0.3, -0.25) is 5.10 Å². The van der Waals surface area contributed by atoms with Crippen molar-refractivity contribution in [2.24, 2.45) is 0 Å². The minimum Gasteiger partial charge on any atom is -0.487 e. The number of aliphatic hydroxyl groups excluding tert-OH is 1. The molecule has 0 aliphatic carbocycles. The maximum atomic E-state index is 9.17. The van der Waals surface area contributed by atoms with Crippen LogP contribution in [0, 0.1) is 6.92 Å². The third-order valence-electron chi connectivity index (χ3n) is 2.44. The van der Waals surface area contributed by atoms with Crippen LogP contribution in [-0.2, 0) is 13.2 Å². The van der Waals surface area contributed by atoms with Gasteiger partial charge in [0.1, 0.15) is 18.1 Å². The molecule has 1 aromatic carbocycles. The third-order valence-corrected chi connectivity index (χ3v) is 2.44. The first-order valence-corrected chi connectivity index (χ1v) is 5.12. The number of para-hydroxylation sites is 1. The molecule has 0 saturated carbocycles. The largest absolute Gasteiger partial charge is 0.487 e. The summed E-state index contributed by atoms with van der Waals surface area (Å²) in [6.07, 6.45) is 0. The van der Waals surface area contributed by atoms with Gasteiger partial charge in [0.2, 0.25) is 0 Å². The Morgan fingerprint density at radius 1 is 1.31 bits per heavy atom. The van der Waals surface area contributed by atoms with Crippen molar-refractivity contribution in [3.05, 3.63) is 47.3 Å². The average Bonchev–Trinajstić information content (AvgIpc) is 2.68. The van der Waals surface area contributed by atoms with Crippen molar-refractivity contribution < 1.29 is 9.84 Å². The van der Waals surface area contributed by atoms with Crippen molar-refractivity contribution in [1.29, 1.82) is 0 Å². The summed E-state index contributed by atoms with van der Waals surface area (Å²) >= 11 is 0. The van der Waals surface area contributed by atoms with Gasteiger partial charge >= 0.3 is 0 Å². The number of aryl methyl sites for hydroxylation is 1. The van der Waals surface area contributed by atoms with E-state index in [1.807, 2.05) is 37.3 Å². The van der Waals surface area contributed by atoms with Crippen LogP contribution in [0.5, 0.6) is 5.75 Å². The normalized spacial score (nSPS) is 10.4. The quantitative estimate of drug-likeness (QED) is 0.822. The second-order valence-corrected chi connectivity index (χ2v) is 3.53. The summed E-state index contributed by atoms with van der Waals surface area (Å²) in [6, 6.07) is 9.54. The maximum absolute atomic E-state index is 9.17. The zero-order valence-electron chi connectivity index (χ0n) is 9.10. The van der Waals surface area contributed by atoms with Gasteiger partial charge in [-0.25, -0.2) is 0 Å². The van der Waals surface area contributed by atoms with Gasteiger partial charge in [0.05, 0.1) is 6.61 Å². The van der Waals surface area contributed by atoms with Gasteiger partial charge in [-0.05, 0) is 19.1 Å². The Morgan fingerprint density at radius 3 is 2.75 bits per heavy atom. The van der Waals surface area contributed by atoms with E-state index in [1.165, 1.54) is 0 Å². The first-order valence-electron chi connectivity index (χ1n) is 5.12. The molecule has 2 aromatic rings. The summed E-state index contributed by atoms with van der Waals surface area (Å²) in [7, 11) is 0. The van der Waals surface area contributed by atoms with Gasteiger partial charge in [-0.15, -0.1) is 0 Å². The molecule has 1 aromatic heterocycles. The zero-order chi connectivity index (χ0) is 11.4. The van der Waals surface area contributed by atoms with Crippen LogP contribution in [0.2, 0.25) is 0 Å². The minimum absolute atomic E-state index is 0.0180. The van der Waals surface area contributed by atoms with Crippen LogP contribution >= 0.6 is 0 Å². The van der Waals surface area contributed by atoms with E-state index >= 15 is 0 Å². The number of benzene rings is 1. The summed E-state index contributed by atoms with van der Waals surface area (Å²) in [4.78, 5) is 0. The fourth-order valence-electron chi connectivity index (χ4n) is 1.50. The monoisotopic (exact) mass is 218 g/mol. The highest BCUT2D eigenvalue weighted by Crippen LogP contribution is 2.14. The van der Waals surface area contributed by atoms with Crippen LogP contribution in [0.3, 0.4) is 0 Å². The Kier molecular flexibility index (Phi) is 3.22. The van der Waals surface area contributed by atoms with Crippen molar-refractivity contribution in [2.75, 3.05) is 0 Å². The number of nitrogens with one attached hydrogen (secondary N) is 1. The summed E-state index contributed by atoms with van der Waals surface area (Å²) in [5, 5.41) is 16.1. The number of aliphatic hydroxyl groups is 1. The molecule has 2 rings (SSSR count). The van der Waals surface area contributed by atoms with Crippen molar-refractivity contribution in [3.8, 4) is 5.75 Å². The highest BCUT2D eigenvalue weighted by Gasteiger charge is 2.09. The molecule has 0 bridgehead atoms. The molecule has 4 heteroatoms. The molecule has 16 heavy (non-hydrogen) atoms. The van der Waals surface area contributed by atoms with Crippen LogP contribution < -0.4 is 4.74 Å². The first kappa shape index (κ1) is 10.7. The van der Waals surface area contributed by atoms with E-state index in [0.29, 0.717) is 6.61 Å². The number of rotatable bonds is 4. The highest BCUT2D eigenvalue weighted by atomic mass is 16.5. The summed E-state index contributed by atoms with van der Waals surface area (Å²) in [5.41, 5.74) is 2.45. The molecule has 4 nitrogen and oxygen atoms in total. The number of hydrogen-bond acceptors (Lipinski definition) is 3. The minimum atomic E-state index is -0.0180. The molecule has 0 atom stereocenters. The lowest BCUT2D eigenvalue weighted by Gasteiger charge is -2.04. The van der Waals surface area contributed by atoms with Gasteiger partial charge in [0.25, 0.3) is 0 Å². The Morgan fingerprint density at radius 2 is 2.06 bits per heavy atom. The molecule has 84 valence electrons. The molecule has 0 saturated heterocycles. The van der Waals surface area contributed by atoms with E-state index in [0.717, 1.165) is 22.7 Å². The van der Waals surface area contributed by atoms with Gasteiger partial charge in [0.15, 0.2) is 0 Å². The Balaban J connectivity index is 2.05. The Bertz CT molecular complexity index is 451. The van der Waals surface area contributed by atoms with E-state index in [1.54, 1.807) is 0 Å². The fourth-order valence-corrected chi connectivity index (χ4v) is 1.50. The maximum Gasteiger partial charge on any atom is 0.132 e. The lowest BCUT2D eigenvalue weighted by Crippen LogP contribution is -1.99. The van der Waals surface area contributed by atoms with E-state index in [2.05, 4.69) is 10.2 Å². The van der Waals surface area contributed by atoms with Gasteiger partial charge in [0, 0.05) is 11.3 Å². The summed E-state index contributed by atoms with van der Waals surface area (Å²) in [6.45, 7) is 2.23. The van der Waals surface area contributed by atoms with E-state index in [-0.39, 0.29) is 6.61 Å².